The lowest BCUT2D eigenvalue weighted by atomic mass is 9.99. The van der Waals surface area contributed by atoms with E-state index in [1.807, 2.05) is 27.7 Å². The molecular formula is C15H28N2O5. The second-order valence-electron chi connectivity index (χ2n) is 6.13. The number of nitrogens with one attached hydrogen (secondary N) is 2. The van der Waals surface area contributed by atoms with Crippen molar-refractivity contribution in [2.24, 2.45) is 5.41 Å². The van der Waals surface area contributed by atoms with Crippen LogP contribution in [0.5, 0.6) is 0 Å². The fourth-order valence-electron chi connectivity index (χ4n) is 1.29. The summed E-state index contributed by atoms with van der Waals surface area (Å²) in [5.41, 5.74) is -0.0961. The maximum atomic E-state index is 11.5. The van der Waals surface area contributed by atoms with Gasteiger partial charge < -0.3 is 20.1 Å². The lowest BCUT2D eigenvalue weighted by molar-refractivity contribution is -0.143. The summed E-state index contributed by atoms with van der Waals surface area (Å²) < 4.78 is 9.87. The quantitative estimate of drug-likeness (QED) is 0.630. The van der Waals surface area contributed by atoms with Crippen LogP contribution < -0.4 is 10.6 Å². The third kappa shape index (κ3) is 13.2. The minimum atomic E-state index is -0.536. The second-order valence-corrected chi connectivity index (χ2v) is 6.13. The Labute approximate surface area is 132 Å². The van der Waals surface area contributed by atoms with E-state index in [2.05, 4.69) is 10.6 Å². The van der Waals surface area contributed by atoms with Crippen LogP contribution >= 0.6 is 0 Å². The zero-order valence-corrected chi connectivity index (χ0v) is 14.0. The normalized spacial score (nSPS) is 10.7. The number of hydrogen-bond donors (Lipinski definition) is 2. The molecule has 0 aromatic rings. The molecule has 0 atom stereocenters. The highest BCUT2D eigenvalue weighted by Crippen LogP contribution is 2.12. The molecule has 128 valence electrons. The Morgan fingerprint density at radius 3 is 2.18 bits per heavy atom. The van der Waals surface area contributed by atoms with E-state index < -0.39 is 6.09 Å². The van der Waals surface area contributed by atoms with Crippen molar-refractivity contribution in [3.05, 3.63) is 0 Å². The van der Waals surface area contributed by atoms with Crippen molar-refractivity contribution >= 4 is 18.0 Å². The van der Waals surface area contributed by atoms with Crippen molar-refractivity contribution in [1.29, 1.82) is 0 Å². The lowest BCUT2D eigenvalue weighted by Gasteiger charge is -2.17. The van der Waals surface area contributed by atoms with Gasteiger partial charge in [0.05, 0.1) is 19.6 Å². The molecule has 0 aromatic heterocycles. The Morgan fingerprint density at radius 1 is 0.955 bits per heavy atom. The molecule has 0 fully saturated rings. The zero-order valence-electron chi connectivity index (χ0n) is 14.0. The van der Waals surface area contributed by atoms with Crippen molar-refractivity contribution in [1.82, 2.24) is 10.6 Å². The summed E-state index contributed by atoms with van der Waals surface area (Å²) in [7, 11) is 0. The van der Waals surface area contributed by atoms with Crippen LogP contribution in [0.3, 0.4) is 0 Å². The number of rotatable bonds is 9. The van der Waals surface area contributed by atoms with E-state index in [1.54, 1.807) is 0 Å². The van der Waals surface area contributed by atoms with Gasteiger partial charge in [-0.1, -0.05) is 27.7 Å². The average Bonchev–Trinajstić information content (AvgIpc) is 2.42. The van der Waals surface area contributed by atoms with Gasteiger partial charge in [0.1, 0.15) is 0 Å². The molecule has 0 aliphatic heterocycles. The molecule has 0 aromatic carbocycles. The maximum Gasteiger partial charge on any atom is 0.407 e. The Balaban J connectivity index is 3.61. The number of carbonyl (C=O) groups excluding carboxylic acids is 3. The number of alkyl carbamates (subject to hydrolysis) is 1. The number of carbonyl (C=O) groups is 3. The second kappa shape index (κ2) is 10.9. The molecule has 0 radical (unpaired) electrons. The molecule has 0 aliphatic rings. The molecule has 0 bridgehead atoms. The lowest BCUT2D eigenvalue weighted by Crippen LogP contribution is -2.33. The average molecular weight is 316 g/mol. The Kier molecular flexibility index (Phi) is 9.98. The van der Waals surface area contributed by atoms with Gasteiger partial charge in [0.25, 0.3) is 0 Å². The van der Waals surface area contributed by atoms with Gasteiger partial charge >= 0.3 is 12.1 Å². The Hall–Kier alpha value is -1.79. The predicted molar refractivity (Wildman–Crippen MR) is 82.3 cm³/mol. The van der Waals surface area contributed by atoms with E-state index in [-0.39, 0.29) is 43.2 Å². The smallest absolute Gasteiger partial charge is 0.407 e. The number of hydrogen-bond acceptors (Lipinski definition) is 5. The van der Waals surface area contributed by atoms with Gasteiger partial charge in [-0.3, -0.25) is 9.59 Å². The van der Waals surface area contributed by atoms with E-state index in [9.17, 15) is 14.4 Å². The Morgan fingerprint density at radius 2 is 1.59 bits per heavy atom. The van der Waals surface area contributed by atoms with Crippen LogP contribution in [0.2, 0.25) is 0 Å². The van der Waals surface area contributed by atoms with Gasteiger partial charge in [0.2, 0.25) is 5.91 Å². The maximum absolute atomic E-state index is 11.5. The van der Waals surface area contributed by atoms with Crippen molar-refractivity contribution in [3.8, 4) is 0 Å². The topological polar surface area (TPSA) is 93.7 Å². The van der Waals surface area contributed by atoms with E-state index >= 15 is 0 Å². The first kappa shape index (κ1) is 20.2. The van der Waals surface area contributed by atoms with Crippen molar-refractivity contribution < 1.29 is 23.9 Å². The largest absolute Gasteiger partial charge is 0.466 e. The molecule has 22 heavy (non-hydrogen) atoms. The highest BCUT2D eigenvalue weighted by atomic mass is 16.5. The van der Waals surface area contributed by atoms with E-state index in [1.165, 1.54) is 0 Å². The van der Waals surface area contributed by atoms with Crippen LogP contribution in [0.15, 0.2) is 0 Å². The van der Waals surface area contributed by atoms with E-state index in [0.29, 0.717) is 13.2 Å². The van der Waals surface area contributed by atoms with Crippen LogP contribution in [0.1, 0.15) is 47.0 Å². The molecule has 7 heteroatoms. The first-order chi connectivity index (χ1) is 10.2. The molecular weight excluding hydrogens is 288 g/mol. The third-order valence-corrected chi connectivity index (χ3v) is 2.38. The Bertz CT molecular complexity index is 363. The fourth-order valence-corrected chi connectivity index (χ4v) is 1.29. The molecule has 0 saturated carbocycles. The minimum Gasteiger partial charge on any atom is -0.466 e. The van der Waals surface area contributed by atoms with Gasteiger partial charge in [-0.25, -0.2) is 4.79 Å². The van der Waals surface area contributed by atoms with Gasteiger partial charge in [-0.2, -0.15) is 0 Å². The molecule has 0 unspecified atom stereocenters. The molecule has 0 rings (SSSR count). The molecule has 0 aliphatic carbocycles. The highest BCUT2D eigenvalue weighted by molar-refractivity contribution is 5.77. The molecule has 2 amide bonds. The summed E-state index contributed by atoms with van der Waals surface area (Å²) in [5, 5.41) is 5.09. The zero-order chi connectivity index (χ0) is 17.0. The summed E-state index contributed by atoms with van der Waals surface area (Å²) in [5.74, 6) is -0.564. The summed E-state index contributed by atoms with van der Waals surface area (Å²) in [6, 6.07) is 0. The summed E-state index contributed by atoms with van der Waals surface area (Å²) in [4.78, 5) is 34.0. The van der Waals surface area contributed by atoms with Crippen LogP contribution in [0.4, 0.5) is 4.79 Å². The summed E-state index contributed by atoms with van der Waals surface area (Å²) >= 11 is 0. The predicted octanol–water partition coefficient (Wildman–Crippen LogP) is 1.61. The van der Waals surface area contributed by atoms with Gasteiger partial charge in [-0.05, 0) is 11.8 Å². The van der Waals surface area contributed by atoms with Gasteiger partial charge in [0.15, 0.2) is 0 Å². The monoisotopic (exact) mass is 316 g/mol. The van der Waals surface area contributed by atoms with Crippen molar-refractivity contribution in [2.75, 3.05) is 26.3 Å². The standard InChI is InChI=1S/C15H28N2O5/c1-5-10-21-13(19)7-9-16-12(18)6-8-17-14(20)22-11-15(2,3)4/h5-11H2,1-4H3,(H,16,18)(H,17,20). The molecule has 0 spiro atoms. The molecule has 7 nitrogen and oxygen atoms in total. The highest BCUT2D eigenvalue weighted by Gasteiger charge is 2.13. The van der Waals surface area contributed by atoms with Crippen LogP contribution in [0, 0.1) is 5.41 Å². The van der Waals surface area contributed by atoms with E-state index in [0.717, 1.165) is 6.42 Å². The first-order valence-corrected chi connectivity index (χ1v) is 7.57. The fraction of sp³-hybridized carbons (Fsp3) is 0.800. The van der Waals surface area contributed by atoms with Gasteiger partial charge in [0, 0.05) is 19.5 Å². The van der Waals surface area contributed by atoms with Crippen LogP contribution in [-0.2, 0) is 19.1 Å². The number of esters is 1. The molecule has 0 heterocycles. The third-order valence-electron chi connectivity index (χ3n) is 2.38. The summed E-state index contributed by atoms with van der Waals surface area (Å²) in [6.45, 7) is 8.91. The number of amides is 2. The van der Waals surface area contributed by atoms with Gasteiger partial charge in [-0.15, -0.1) is 0 Å². The first-order valence-electron chi connectivity index (χ1n) is 7.57. The van der Waals surface area contributed by atoms with Crippen LogP contribution in [-0.4, -0.2) is 44.3 Å². The molecule has 2 N–H and O–H groups in total. The van der Waals surface area contributed by atoms with Crippen molar-refractivity contribution in [3.63, 3.8) is 0 Å². The summed E-state index contributed by atoms with van der Waals surface area (Å²) in [6.07, 6.45) is 0.516. The van der Waals surface area contributed by atoms with Crippen LogP contribution in [0.25, 0.3) is 0 Å². The van der Waals surface area contributed by atoms with E-state index in [4.69, 9.17) is 9.47 Å². The minimum absolute atomic E-state index is 0.0961. The number of ether oxygens (including phenoxy) is 2. The van der Waals surface area contributed by atoms with Crippen molar-refractivity contribution in [2.45, 2.75) is 47.0 Å². The molecule has 0 saturated heterocycles. The SMILES string of the molecule is CCCOC(=O)CCNC(=O)CCNC(=O)OCC(C)(C)C.